The summed E-state index contributed by atoms with van der Waals surface area (Å²) in [5.74, 6) is -0.0628. The van der Waals surface area contributed by atoms with Crippen LogP contribution >= 0.6 is 0 Å². The number of rotatable bonds is 53. The lowest BCUT2D eigenvalue weighted by Gasteiger charge is -2.20. The summed E-state index contributed by atoms with van der Waals surface area (Å²) in [7, 11) is 0. The van der Waals surface area contributed by atoms with Gasteiger partial charge in [0.05, 0.1) is 18.8 Å². The molecule has 0 aromatic heterocycles. The molecule has 0 aliphatic rings. The van der Waals surface area contributed by atoms with E-state index in [0.717, 1.165) is 57.8 Å². The van der Waals surface area contributed by atoms with Crippen LogP contribution in [-0.4, -0.2) is 34.9 Å². The van der Waals surface area contributed by atoms with E-state index < -0.39 is 12.1 Å². The van der Waals surface area contributed by atoms with Crippen molar-refractivity contribution in [1.29, 1.82) is 0 Å². The van der Waals surface area contributed by atoms with Gasteiger partial charge >= 0.3 is 0 Å². The Morgan fingerprint density at radius 3 is 1.00 bits per heavy atom. The highest BCUT2D eigenvalue weighted by atomic mass is 16.3. The fraction of sp³-hybridized carbons (Fsp3) is 0.790. The van der Waals surface area contributed by atoms with Crippen LogP contribution in [0.1, 0.15) is 296 Å². The molecule has 0 rings (SSSR count). The van der Waals surface area contributed by atoms with Crippen molar-refractivity contribution in [3.8, 4) is 0 Å². The van der Waals surface area contributed by atoms with Crippen LogP contribution in [0.15, 0.2) is 72.9 Å². The summed E-state index contributed by atoms with van der Waals surface area (Å²) in [6.07, 6.45) is 82.1. The van der Waals surface area contributed by atoms with Gasteiger partial charge in [0.2, 0.25) is 5.91 Å². The smallest absolute Gasteiger partial charge is 0.220 e. The minimum atomic E-state index is -0.843. The lowest BCUT2D eigenvalue weighted by Crippen LogP contribution is -2.45. The lowest BCUT2D eigenvalue weighted by atomic mass is 10.0. The monoisotopic (exact) mass is 920 g/mol. The van der Waals surface area contributed by atoms with Crippen molar-refractivity contribution >= 4 is 5.91 Å². The molecular formula is C62H113NO3. The van der Waals surface area contributed by atoms with E-state index in [1.807, 2.05) is 6.08 Å². The third-order valence-corrected chi connectivity index (χ3v) is 13.2. The molecule has 0 fully saturated rings. The Kier molecular flexibility index (Phi) is 55.3. The van der Waals surface area contributed by atoms with Gasteiger partial charge in [-0.05, 0) is 64.2 Å². The summed E-state index contributed by atoms with van der Waals surface area (Å²) in [6.45, 7) is 4.22. The van der Waals surface area contributed by atoms with Crippen LogP contribution in [-0.2, 0) is 4.79 Å². The van der Waals surface area contributed by atoms with Gasteiger partial charge in [0, 0.05) is 6.42 Å². The van der Waals surface area contributed by atoms with Crippen LogP contribution in [0.25, 0.3) is 0 Å². The Labute approximate surface area is 412 Å². The van der Waals surface area contributed by atoms with E-state index in [-0.39, 0.29) is 12.5 Å². The van der Waals surface area contributed by atoms with Gasteiger partial charge in [-0.3, -0.25) is 4.79 Å². The average Bonchev–Trinajstić information content (AvgIpc) is 3.32. The summed E-state index contributed by atoms with van der Waals surface area (Å²) in [5.41, 5.74) is 0. The fourth-order valence-electron chi connectivity index (χ4n) is 8.80. The van der Waals surface area contributed by atoms with Gasteiger partial charge < -0.3 is 15.5 Å². The zero-order chi connectivity index (χ0) is 47.7. The molecule has 0 saturated heterocycles. The van der Waals surface area contributed by atoms with Crippen LogP contribution in [0, 0.1) is 0 Å². The molecule has 3 N–H and O–H groups in total. The number of carbonyl (C=O) groups excluding carboxylic acids is 1. The van der Waals surface area contributed by atoms with E-state index in [0.29, 0.717) is 6.42 Å². The molecule has 0 saturated carbocycles. The summed E-state index contributed by atoms with van der Waals surface area (Å²) in [6, 6.07) is -0.626. The van der Waals surface area contributed by atoms with Crippen molar-refractivity contribution in [3.63, 3.8) is 0 Å². The molecule has 1 amide bonds. The van der Waals surface area contributed by atoms with Crippen molar-refractivity contribution in [2.75, 3.05) is 6.61 Å². The second-order valence-electron chi connectivity index (χ2n) is 19.7. The van der Waals surface area contributed by atoms with Crippen molar-refractivity contribution in [1.82, 2.24) is 5.32 Å². The number of carbonyl (C=O) groups is 1. The number of allylic oxidation sites excluding steroid dienone is 11. The van der Waals surface area contributed by atoms with Crippen molar-refractivity contribution in [2.45, 2.75) is 309 Å². The number of nitrogens with one attached hydrogen (secondary N) is 1. The number of aliphatic hydroxyl groups excluding tert-OH is 2. The highest BCUT2D eigenvalue weighted by Gasteiger charge is 2.18. The van der Waals surface area contributed by atoms with Gasteiger partial charge in [-0.1, -0.05) is 299 Å². The van der Waals surface area contributed by atoms with Gasteiger partial charge in [0.15, 0.2) is 0 Å². The van der Waals surface area contributed by atoms with Crippen molar-refractivity contribution in [3.05, 3.63) is 72.9 Å². The zero-order valence-electron chi connectivity index (χ0n) is 44.2. The first kappa shape index (κ1) is 63.8. The van der Waals surface area contributed by atoms with Crippen LogP contribution < -0.4 is 5.32 Å². The normalized spacial score (nSPS) is 13.3. The SMILES string of the molecule is CC/C=C\C/C=C\C/C=C\C/C=C\C/C=C\CCCCCCCCCCCCCCCCCC(=O)NC(CO)C(O)/C=C/CCCCCCCCCCCCCCCCCCCCCCC. The molecule has 0 bridgehead atoms. The van der Waals surface area contributed by atoms with E-state index in [1.54, 1.807) is 6.08 Å². The number of hydrogen-bond acceptors (Lipinski definition) is 3. The minimum Gasteiger partial charge on any atom is -0.394 e. The predicted molar refractivity (Wildman–Crippen MR) is 294 cm³/mol. The third-order valence-electron chi connectivity index (χ3n) is 13.2. The number of hydrogen-bond donors (Lipinski definition) is 3. The quantitative estimate of drug-likeness (QED) is 0.0421. The molecule has 66 heavy (non-hydrogen) atoms. The molecule has 0 radical (unpaired) electrons. The maximum Gasteiger partial charge on any atom is 0.220 e. The summed E-state index contributed by atoms with van der Waals surface area (Å²) < 4.78 is 0. The number of unbranched alkanes of at least 4 members (excludes halogenated alkanes) is 36. The lowest BCUT2D eigenvalue weighted by molar-refractivity contribution is -0.123. The molecule has 384 valence electrons. The molecule has 4 nitrogen and oxygen atoms in total. The summed E-state index contributed by atoms with van der Waals surface area (Å²) >= 11 is 0. The highest BCUT2D eigenvalue weighted by molar-refractivity contribution is 5.76. The van der Waals surface area contributed by atoms with Crippen LogP contribution in [0.2, 0.25) is 0 Å². The molecule has 0 aliphatic carbocycles. The zero-order valence-corrected chi connectivity index (χ0v) is 44.2. The van der Waals surface area contributed by atoms with Crippen molar-refractivity contribution < 1.29 is 15.0 Å². The second kappa shape index (κ2) is 57.1. The van der Waals surface area contributed by atoms with Gasteiger partial charge in [-0.2, -0.15) is 0 Å². The summed E-state index contributed by atoms with van der Waals surface area (Å²) in [4.78, 5) is 12.5. The maximum absolute atomic E-state index is 12.5. The van der Waals surface area contributed by atoms with E-state index in [2.05, 4.69) is 79.9 Å². The average molecular weight is 921 g/mol. The van der Waals surface area contributed by atoms with Crippen LogP contribution in [0.4, 0.5) is 0 Å². The molecule has 4 heteroatoms. The van der Waals surface area contributed by atoms with E-state index in [4.69, 9.17) is 0 Å². The minimum absolute atomic E-state index is 0.0628. The Balaban J connectivity index is 3.50. The molecule has 2 unspecified atom stereocenters. The maximum atomic E-state index is 12.5. The van der Waals surface area contributed by atoms with Gasteiger partial charge in [0.1, 0.15) is 0 Å². The van der Waals surface area contributed by atoms with Gasteiger partial charge in [0.25, 0.3) is 0 Å². The predicted octanol–water partition coefficient (Wildman–Crippen LogP) is 19.4. The Morgan fingerprint density at radius 2 is 0.667 bits per heavy atom. The molecule has 0 aromatic rings. The topological polar surface area (TPSA) is 69.6 Å². The molecule has 0 aromatic carbocycles. The Bertz CT molecular complexity index is 1130. The largest absolute Gasteiger partial charge is 0.394 e. The number of aliphatic hydroxyl groups is 2. The standard InChI is InChI=1S/C62H113NO3/c1-3-5-7-9-11-13-15-17-19-21-23-25-27-28-29-30-31-32-33-34-36-38-40-42-44-46-48-50-52-54-56-58-62(66)63-60(59-64)61(65)57-55-53-51-49-47-45-43-41-39-37-35-26-24-22-20-18-16-14-12-10-8-6-4-2/h5,7,11,13,17,19,23,25,28-29,55,57,60-61,64-65H,3-4,6,8-10,12,14-16,18,20-22,24,26-27,30-54,56,58-59H2,1-2H3,(H,63,66)/b7-5-,13-11-,19-17-,25-23-,29-28-,57-55+. The van der Waals surface area contributed by atoms with Crippen LogP contribution in [0.3, 0.4) is 0 Å². The first-order chi connectivity index (χ1) is 32.7. The molecular weight excluding hydrogens is 807 g/mol. The van der Waals surface area contributed by atoms with E-state index >= 15 is 0 Å². The summed E-state index contributed by atoms with van der Waals surface area (Å²) in [5, 5.41) is 23.2. The number of amides is 1. The Hall–Kier alpha value is -2.17. The third kappa shape index (κ3) is 52.8. The molecule has 2 atom stereocenters. The second-order valence-corrected chi connectivity index (χ2v) is 19.7. The van der Waals surface area contributed by atoms with Crippen molar-refractivity contribution in [2.24, 2.45) is 0 Å². The highest BCUT2D eigenvalue weighted by Crippen LogP contribution is 2.17. The van der Waals surface area contributed by atoms with E-state index in [1.165, 1.54) is 218 Å². The first-order valence-corrected chi connectivity index (χ1v) is 29.2. The molecule has 0 heterocycles. The molecule has 0 spiro atoms. The Morgan fingerprint density at radius 1 is 0.379 bits per heavy atom. The van der Waals surface area contributed by atoms with Crippen LogP contribution in [0.5, 0.6) is 0 Å². The first-order valence-electron chi connectivity index (χ1n) is 29.2. The van der Waals surface area contributed by atoms with Gasteiger partial charge in [-0.15, -0.1) is 0 Å². The fourth-order valence-corrected chi connectivity index (χ4v) is 8.80. The van der Waals surface area contributed by atoms with Gasteiger partial charge in [-0.25, -0.2) is 0 Å². The molecule has 0 aliphatic heterocycles. The van der Waals surface area contributed by atoms with E-state index in [9.17, 15) is 15.0 Å².